The van der Waals surface area contributed by atoms with E-state index in [1.165, 1.54) is 4.90 Å². The first-order chi connectivity index (χ1) is 7.79. The molecule has 0 aliphatic carbocycles. The summed E-state index contributed by atoms with van der Waals surface area (Å²) < 4.78 is 0. The van der Waals surface area contributed by atoms with Crippen LogP contribution in [0, 0.1) is 0 Å². The maximum Gasteiger partial charge on any atom is 0.0480 e. The van der Waals surface area contributed by atoms with Gasteiger partial charge in [-0.15, -0.1) is 0 Å². The minimum atomic E-state index is 0.762. The summed E-state index contributed by atoms with van der Waals surface area (Å²) in [4.78, 5) is 2.35. The van der Waals surface area contributed by atoms with Crippen LogP contribution in [0.4, 0.5) is 5.69 Å². The Labute approximate surface area is 105 Å². The SMILES string of the molecule is CNc1ccc(Cl)cc1Sc1ccccc1. The average molecular weight is 250 g/mol. The van der Waals surface area contributed by atoms with Crippen LogP contribution in [0.25, 0.3) is 0 Å². The van der Waals surface area contributed by atoms with Crippen LogP contribution >= 0.6 is 23.4 Å². The highest BCUT2D eigenvalue weighted by atomic mass is 35.5. The van der Waals surface area contributed by atoms with Crippen molar-refractivity contribution in [1.29, 1.82) is 0 Å². The Bertz CT molecular complexity index is 471. The molecule has 1 nitrogen and oxygen atoms in total. The molecule has 0 fully saturated rings. The monoisotopic (exact) mass is 249 g/mol. The van der Waals surface area contributed by atoms with Crippen molar-refractivity contribution < 1.29 is 0 Å². The molecule has 0 atom stereocenters. The highest BCUT2D eigenvalue weighted by molar-refractivity contribution is 7.99. The Balaban J connectivity index is 2.30. The molecule has 0 amide bonds. The van der Waals surface area contributed by atoms with Gasteiger partial charge >= 0.3 is 0 Å². The van der Waals surface area contributed by atoms with Crippen LogP contribution in [0.3, 0.4) is 0 Å². The van der Waals surface area contributed by atoms with Gasteiger partial charge < -0.3 is 5.32 Å². The Morgan fingerprint density at radius 2 is 1.81 bits per heavy atom. The van der Waals surface area contributed by atoms with Gasteiger partial charge in [0, 0.05) is 27.5 Å². The first-order valence-electron chi connectivity index (χ1n) is 5.00. The Morgan fingerprint density at radius 1 is 1.06 bits per heavy atom. The molecule has 2 rings (SSSR count). The zero-order chi connectivity index (χ0) is 11.4. The van der Waals surface area contributed by atoms with E-state index in [4.69, 9.17) is 11.6 Å². The fraction of sp³-hybridized carbons (Fsp3) is 0.0769. The molecule has 0 heterocycles. The van der Waals surface area contributed by atoms with E-state index in [2.05, 4.69) is 17.4 Å². The molecule has 0 saturated heterocycles. The van der Waals surface area contributed by atoms with Gasteiger partial charge in [0.1, 0.15) is 0 Å². The second-order valence-electron chi connectivity index (χ2n) is 3.31. The third kappa shape index (κ3) is 2.71. The standard InChI is InChI=1S/C13H12ClNS/c1-15-12-8-7-10(14)9-13(12)16-11-5-3-2-4-6-11/h2-9,15H,1H3. The second kappa shape index (κ2) is 5.28. The maximum absolute atomic E-state index is 6.00. The molecule has 2 aromatic rings. The largest absolute Gasteiger partial charge is 0.387 e. The maximum atomic E-state index is 6.00. The summed E-state index contributed by atoms with van der Waals surface area (Å²) in [5, 5.41) is 3.93. The molecule has 3 heteroatoms. The molecule has 82 valence electrons. The van der Waals surface area contributed by atoms with Gasteiger partial charge in [-0.25, -0.2) is 0 Å². The predicted octanol–water partition coefficient (Wildman–Crippen LogP) is 4.53. The summed E-state index contributed by atoms with van der Waals surface area (Å²) in [6.45, 7) is 0. The summed E-state index contributed by atoms with van der Waals surface area (Å²) in [6.07, 6.45) is 0. The van der Waals surface area contributed by atoms with E-state index >= 15 is 0 Å². The van der Waals surface area contributed by atoms with Gasteiger partial charge in [0.15, 0.2) is 0 Å². The van der Waals surface area contributed by atoms with E-state index in [9.17, 15) is 0 Å². The molecule has 0 spiro atoms. The summed E-state index contributed by atoms with van der Waals surface area (Å²) in [5.74, 6) is 0. The fourth-order valence-electron chi connectivity index (χ4n) is 1.40. The van der Waals surface area contributed by atoms with Crippen molar-refractivity contribution >= 4 is 29.1 Å². The lowest BCUT2D eigenvalue weighted by Gasteiger charge is -2.08. The van der Waals surface area contributed by atoms with E-state index in [1.54, 1.807) is 11.8 Å². The Kier molecular flexibility index (Phi) is 3.75. The third-order valence-electron chi connectivity index (χ3n) is 2.18. The van der Waals surface area contributed by atoms with Crippen molar-refractivity contribution in [2.45, 2.75) is 9.79 Å². The summed E-state index contributed by atoms with van der Waals surface area (Å²) >= 11 is 7.70. The van der Waals surface area contributed by atoms with Crippen LogP contribution in [0.5, 0.6) is 0 Å². The Morgan fingerprint density at radius 3 is 2.50 bits per heavy atom. The zero-order valence-electron chi connectivity index (χ0n) is 8.91. The number of rotatable bonds is 3. The topological polar surface area (TPSA) is 12.0 Å². The van der Waals surface area contributed by atoms with Crippen LogP contribution in [0.1, 0.15) is 0 Å². The number of nitrogens with one attached hydrogen (secondary N) is 1. The van der Waals surface area contributed by atoms with Crippen molar-refractivity contribution in [2.75, 3.05) is 12.4 Å². The molecule has 0 aliphatic rings. The number of hydrogen-bond donors (Lipinski definition) is 1. The first-order valence-corrected chi connectivity index (χ1v) is 6.19. The van der Waals surface area contributed by atoms with E-state index < -0.39 is 0 Å². The van der Waals surface area contributed by atoms with E-state index in [-0.39, 0.29) is 0 Å². The fourth-order valence-corrected chi connectivity index (χ4v) is 2.65. The molecule has 2 aromatic carbocycles. The van der Waals surface area contributed by atoms with Gasteiger partial charge in [-0.1, -0.05) is 41.6 Å². The van der Waals surface area contributed by atoms with Gasteiger partial charge in [0.25, 0.3) is 0 Å². The molecular weight excluding hydrogens is 238 g/mol. The van der Waals surface area contributed by atoms with Crippen LogP contribution in [-0.2, 0) is 0 Å². The number of anilines is 1. The molecule has 0 aromatic heterocycles. The van der Waals surface area contributed by atoms with Crippen LogP contribution in [0.15, 0.2) is 58.3 Å². The van der Waals surface area contributed by atoms with Gasteiger partial charge in [0.2, 0.25) is 0 Å². The summed E-state index contributed by atoms with van der Waals surface area (Å²) in [6, 6.07) is 16.1. The minimum absolute atomic E-state index is 0.762. The van der Waals surface area contributed by atoms with Gasteiger partial charge in [-0.2, -0.15) is 0 Å². The second-order valence-corrected chi connectivity index (χ2v) is 4.86. The summed E-state index contributed by atoms with van der Waals surface area (Å²) in [5.41, 5.74) is 1.10. The summed E-state index contributed by atoms with van der Waals surface area (Å²) in [7, 11) is 1.91. The van der Waals surface area contributed by atoms with Crippen LogP contribution < -0.4 is 5.32 Å². The number of benzene rings is 2. The Hall–Kier alpha value is -1.12. The first kappa shape index (κ1) is 11.4. The lowest BCUT2D eigenvalue weighted by atomic mass is 10.3. The van der Waals surface area contributed by atoms with Crippen molar-refractivity contribution in [3.8, 4) is 0 Å². The van der Waals surface area contributed by atoms with E-state index in [1.807, 2.05) is 43.4 Å². The molecule has 16 heavy (non-hydrogen) atoms. The van der Waals surface area contributed by atoms with Gasteiger partial charge in [0.05, 0.1) is 0 Å². The van der Waals surface area contributed by atoms with Crippen molar-refractivity contribution in [1.82, 2.24) is 0 Å². The molecule has 0 unspecified atom stereocenters. The lowest BCUT2D eigenvalue weighted by Crippen LogP contribution is -1.90. The van der Waals surface area contributed by atoms with Gasteiger partial charge in [-0.3, -0.25) is 0 Å². The quantitative estimate of drug-likeness (QED) is 0.858. The van der Waals surface area contributed by atoms with Gasteiger partial charge in [-0.05, 0) is 30.3 Å². The highest BCUT2D eigenvalue weighted by Gasteiger charge is 2.03. The third-order valence-corrected chi connectivity index (χ3v) is 3.48. The van der Waals surface area contributed by atoms with Crippen LogP contribution in [-0.4, -0.2) is 7.05 Å². The van der Waals surface area contributed by atoms with Crippen molar-refractivity contribution in [3.63, 3.8) is 0 Å². The molecule has 0 bridgehead atoms. The minimum Gasteiger partial charge on any atom is -0.387 e. The van der Waals surface area contributed by atoms with Crippen molar-refractivity contribution in [3.05, 3.63) is 53.6 Å². The molecule has 1 N–H and O–H groups in total. The molecule has 0 aliphatic heterocycles. The molecular formula is C13H12ClNS. The number of hydrogen-bond acceptors (Lipinski definition) is 2. The van der Waals surface area contributed by atoms with E-state index in [0.717, 1.165) is 15.6 Å². The smallest absolute Gasteiger partial charge is 0.0480 e. The normalized spacial score (nSPS) is 10.1. The number of halogens is 1. The van der Waals surface area contributed by atoms with Crippen LogP contribution in [0.2, 0.25) is 5.02 Å². The average Bonchev–Trinajstić information content (AvgIpc) is 2.31. The van der Waals surface area contributed by atoms with E-state index in [0.29, 0.717) is 0 Å². The van der Waals surface area contributed by atoms with Crippen molar-refractivity contribution in [2.24, 2.45) is 0 Å². The zero-order valence-corrected chi connectivity index (χ0v) is 10.5. The molecule has 0 radical (unpaired) electrons. The lowest BCUT2D eigenvalue weighted by molar-refractivity contribution is 1.36. The predicted molar refractivity (Wildman–Crippen MR) is 71.6 cm³/mol. The molecule has 0 saturated carbocycles. The highest BCUT2D eigenvalue weighted by Crippen LogP contribution is 2.34.